The first kappa shape index (κ1) is 13.3. The number of rotatable bonds is 3. The van der Waals surface area contributed by atoms with Crippen molar-refractivity contribution in [3.63, 3.8) is 0 Å². The average Bonchev–Trinajstić information content (AvgIpc) is 3.17. The summed E-state index contributed by atoms with van der Waals surface area (Å²) in [6, 6.07) is 11.8. The molecule has 4 N–H and O–H groups in total. The van der Waals surface area contributed by atoms with E-state index in [9.17, 15) is 0 Å². The molecule has 0 radical (unpaired) electrons. The highest BCUT2D eigenvalue weighted by molar-refractivity contribution is 5.84. The minimum Gasteiger partial charge on any atom is -0.382 e. The van der Waals surface area contributed by atoms with Gasteiger partial charge in [-0.3, -0.25) is 4.57 Å². The summed E-state index contributed by atoms with van der Waals surface area (Å²) in [7, 11) is 0. The predicted octanol–water partition coefficient (Wildman–Crippen LogP) is 1.22. The highest BCUT2D eigenvalue weighted by Gasteiger charge is 2.17. The van der Waals surface area contributed by atoms with Crippen molar-refractivity contribution in [2.75, 3.05) is 11.5 Å². The van der Waals surface area contributed by atoms with Crippen LogP contribution in [0.4, 0.5) is 11.8 Å². The van der Waals surface area contributed by atoms with Crippen molar-refractivity contribution in [1.29, 1.82) is 0 Å². The van der Waals surface area contributed by atoms with Gasteiger partial charge in [0.25, 0.3) is 0 Å². The minimum absolute atomic E-state index is 0.122. The van der Waals surface area contributed by atoms with Crippen molar-refractivity contribution in [3.8, 4) is 5.95 Å². The maximum Gasteiger partial charge on any atom is 0.233 e. The van der Waals surface area contributed by atoms with Crippen molar-refractivity contribution in [2.45, 2.75) is 6.54 Å². The van der Waals surface area contributed by atoms with Crippen molar-refractivity contribution in [2.24, 2.45) is 0 Å². The molecule has 0 unspecified atom stereocenters. The second kappa shape index (κ2) is 5.09. The zero-order valence-electron chi connectivity index (χ0n) is 12.2. The Labute approximate surface area is 131 Å². The zero-order chi connectivity index (χ0) is 15.8. The van der Waals surface area contributed by atoms with Gasteiger partial charge in [0.1, 0.15) is 0 Å². The molecule has 0 fully saturated rings. The highest BCUT2D eigenvalue weighted by Crippen LogP contribution is 2.23. The van der Waals surface area contributed by atoms with E-state index >= 15 is 0 Å². The Kier molecular flexibility index (Phi) is 2.94. The van der Waals surface area contributed by atoms with E-state index in [0.29, 0.717) is 23.7 Å². The molecular weight excluding hydrogens is 292 g/mol. The molecule has 8 nitrogen and oxygen atoms in total. The second-order valence-electron chi connectivity index (χ2n) is 5.07. The summed E-state index contributed by atoms with van der Waals surface area (Å²) in [5.74, 6) is 0.990. The molecule has 0 amide bonds. The van der Waals surface area contributed by atoms with Crippen LogP contribution in [0.3, 0.4) is 0 Å². The number of benzene rings is 1. The summed E-state index contributed by atoms with van der Waals surface area (Å²) in [6.45, 7) is 0.572. The van der Waals surface area contributed by atoms with Gasteiger partial charge in [0.2, 0.25) is 11.9 Å². The monoisotopic (exact) mass is 306 g/mol. The molecule has 8 heteroatoms. The van der Waals surface area contributed by atoms with Gasteiger partial charge in [-0.15, -0.1) is 0 Å². The molecule has 114 valence electrons. The van der Waals surface area contributed by atoms with E-state index in [1.165, 1.54) is 0 Å². The molecule has 3 aromatic heterocycles. The molecule has 3 heterocycles. The van der Waals surface area contributed by atoms with Gasteiger partial charge in [-0.05, 0) is 11.6 Å². The minimum atomic E-state index is 0.122. The molecule has 4 rings (SSSR count). The number of imidazole rings is 1. The van der Waals surface area contributed by atoms with Gasteiger partial charge in [0, 0.05) is 12.4 Å². The third-order valence-electron chi connectivity index (χ3n) is 3.51. The second-order valence-corrected chi connectivity index (χ2v) is 5.07. The molecule has 23 heavy (non-hydrogen) atoms. The highest BCUT2D eigenvalue weighted by atomic mass is 15.4. The molecule has 4 aromatic rings. The molecule has 0 saturated carbocycles. The van der Waals surface area contributed by atoms with Crippen LogP contribution in [0.2, 0.25) is 0 Å². The van der Waals surface area contributed by atoms with Gasteiger partial charge in [0.05, 0.1) is 6.54 Å². The maximum absolute atomic E-state index is 5.95. The summed E-state index contributed by atoms with van der Waals surface area (Å²) < 4.78 is 3.59. The molecule has 0 saturated heterocycles. The third-order valence-corrected chi connectivity index (χ3v) is 3.51. The molecule has 0 atom stereocenters. The lowest BCUT2D eigenvalue weighted by molar-refractivity contribution is 0.715. The van der Waals surface area contributed by atoms with E-state index in [1.807, 2.05) is 47.2 Å². The Bertz CT molecular complexity index is 956. The van der Waals surface area contributed by atoms with Crippen molar-refractivity contribution in [1.82, 2.24) is 29.3 Å². The first-order valence-electron chi connectivity index (χ1n) is 7.05. The third kappa shape index (κ3) is 2.26. The molecular formula is C15H14N8. The van der Waals surface area contributed by atoms with Crippen LogP contribution < -0.4 is 11.5 Å². The van der Waals surface area contributed by atoms with Crippen LogP contribution in [0, 0.1) is 0 Å². The summed E-state index contributed by atoms with van der Waals surface area (Å²) in [5.41, 5.74) is 13.9. The van der Waals surface area contributed by atoms with Gasteiger partial charge in [-0.25, -0.2) is 9.67 Å². The fourth-order valence-corrected chi connectivity index (χ4v) is 2.50. The van der Waals surface area contributed by atoms with E-state index in [-0.39, 0.29) is 11.8 Å². The van der Waals surface area contributed by atoms with E-state index in [1.54, 1.807) is 10.9 Å². The lowest BCUT2D eigenvalue weighted by Gasteiger charge is -2.08. The zero-order valence-corrected chi connectivity index (χ0v) is 12.2. The first-order valence-corrected chi connectivity index (χ1v) is 7.05. The van der Waals surface area contributed by atoms with Gasteiger partial charge in [-0.2, -0.15) is 15.1 Å². The predicted molar refractivity (Wildman–Crippen MR) is 86.8 cm³/mol. The van der Waals surface area contributed by atoms with Gasteiger partial charge in [0.15, 0.2) is 17.0 Å². The molecule has 0 spiro atoms. The van der Waals surface area contributed by atoms with Crippen LogP contribution in [-0.4, -0.2) is 29.3 Å². The molecule has 0 aliphatic heterocycles. The van der Waals surface area contributed by atoms with Gasteiger partial charge >= 0.3 is 0 Å². The Hall–Kier alpha value is -3.42. The van der Waals surface area contributed by atoms with E-state index in [2.05, 4.69) is 20.1 Å². The lowest BCUT2D eigenvalue weighted by atomic mass is 10.2. The van der Waals surface area contributed by atoms with E-state index in [4.69, 9.17) is 11.5 Å². The normalized spacial score (nSPS) is 11.1. The first-order chi connectivity index (χ1) is 11.2. The van der Waals surface area contributed by atoms with Crippen LogP contribution in [-0.2, 0) is 6.54 Å². The maximum atomic E-state index is 5.95. The van der Waals surface area contributed by atoms with Crippen molar-refractivity contribution < 1.29 is 0 Å². The Morgan fingerprint density at radius 1 is 0.957 bits per heavy atom. The standard InChI is InChI=1S/C15H14N8/c16-12-11-13(21-14(17)20-12)22(9-10-5-2-1-3-6-10)15(19-11)23-8-4-7-18-23/h1-8H,9H2,(H4,16,17,20,21). The van der Waals surface area contributed by atoms with Crippen molar-refractivity contribution in [3.05, 3.63) is 54.4 Å². The number of anilines is 2. The number of nitrogen functional groups attached to an aromatic ring is 2. The number of hydrogen-bond acceptors (Lipinski definition) is 6. The Balaban J connectivity index is 1.97. The van der Waals surface area contributed by atoms with Gasteiger partial charge in [-0.1, -0.05) is 30.3 Å². The quantitative estimate of drug-likeness (QED) is 0.588. The molecule has 0 bridgehead atoms. The van der Waals surface area contributed by atoms with Crippen LogP contribution >= 0.6 is 0 Å². The fourth-order valence-electron chi connectivity index (χ4n) is 2.50. The molecule has 1 aromatic carbocycles. The van der Waals surface area contributed by atoms with Gasteiger partial charge < -0.3 is 11.5 Å². The number of fused-ring (bicyclic) bond motifs is 1. The summed E-state index contributed by atoms with van der Waals surface area (Å²) in [5, 5.41) is 4.25. The lowest BCUT2D eigenvalue weighted by Crippen LogP contribution is -2.09. The summed E-state index contributed by atoms with van der Waals surface area (Å²) in [6.07, 6.45) is 3.51. The largest absolute Gasteiger partial charge is 0.382 e. The topological polar surface area (TPSA) is 113 Å². The number of hydrogen-bond donors (Lipinski definition) is 2. The number of nitrogens with zero attached hydrogens (tertiary/aromatic N) is 6. The van der Waals surface area contributed by atoms with Crippen LogP contribution in [0.25, 0.3) is 17.1 Å². The summed E-state index contributed by atoms with van der Waals surface area (Å²) >= 11 is 0. The average molecular weight is 306 g/mol. The Morgan fingerprint density at radius 2 is 1.78 bits per heavy atom. The van der Waals surface area contributed by atoms with Crippen LogP contribution in [0.1, 0.15) is 5.56 Å². The van der Waals surface area contributed by atoms with Crippen LogP contribution in [0.15, 0.2) is 48.8 Å². The van der Waals surface area contributed by atoms with Crippen molar-refractivity contribution >= 4 is 22.9 Å². The van der Waals surface area contributed by atoms with E-state index < -0.39 is 0 Å². The number of aromatic nitrogens is 6. The number of nitrogens with two attached hydrogens (primary N) is 2. The fraction of sp³-hybridized carbons (Fsp3) is 0.0667. The molecule has 0 aliphatic rings. The summed E-state index contributed by atoms with van der Waals surface area (Å²) in [4.78, 5) is 12.8. The van der Waals surface area contributed by atoms with E-state index in [0.717, 1.165) is 5.56 Å². The molecule has 0 aliphatic carbocycles. The Morgan fingerprint density at radius 3 is 2.52 bits per heavy atom. The SMILES string of the molecule is Nc1nc(N)c2nc(-n3cccn3)n(Cc3ccccc3)c2n1. The smallest absolute Gasteiger partial charge is 0.233 e. The van der Waals surface area contributed by atoms with Crippen LogP contribution in [0.5, 0.6) is 0 Å².